The van der Waals surface area contributed by atoms with Gasteiger partial charge in [-0.15, -0.1) is 0 Å². The standard InChI is InChI=1S/C12H11BrN2O2/c1-12(4-5-12)11-14-10(17-15-11)7-2-3-8(13)9(16)6-7/h2-3,6,16H,4-5H2,1H3. The molecule has 1 aromatic heterocycles. The van der Waals surface area contributed by atoms with Crippen molar-refractivity contribution < 1.29 is 9.63 Å². The zero-order valence-corrected chi connectivity index (χ0v) is 10.9. The fraction of sp³-hybridized carbons (Fsp3) is 0.333. The molecule has 0 bridgehead atoms. The lowest BCUT2D eigenvalue weighted by molar-refractivity contribution is 0.415. The predicted molar refractivity (Wildman–Crippen MR) is 65.7 cm³/mol. The Morgan fingerprint density at radius 2 is 2.18 bits per heavy atom. The van der Waals surface area contributed by atoms with Gasteiger partial charge >= 0.3 is 0 Å². The van der Waals surface area contributed by atoms with E-state index in [9.17, 15) is 5.11 Å². The summed E-state index contributed by atoms with van der Waals surface area (Å²) in [6, 6.07) is 5.19. The summed E-state index contributed by atoms with van der Waals surface area (Å²) >= 11 is 3.23. The van der Waals surface area contributed by atoms with Crippen molar-refractivity contribution in [3.05, 3.63) is 28.5 Å². The molecule has 1 aliphatic carbocycles. The molecule has 1 fully saturated rings. The smallest absolute Gasteiger partial charge is 0.258 e. The molecule has 1 aromatic carbocycles. The first-order chi connectivity index (χ1) is 8.08. The lowest BCUT2D eigenvalue weighted by atomic mass is 10.1. The zero-order valence-electron chi connectivity index (χ0n) is 9.27. The van der Waals surface area contributed by atoms with Crippen molar-refractivity contribution in [2.75, 3.05) is 0 Å². The number of aromatic nitrogens is 2. The van der Waals surface area contributed by atoms with Gasteiger partial charge < -0.3 is 9.63 Å². The van der Waals surface area contributed by atoms with Crippen LogP contribution in [0.5, 0.6) is 5.75 Å². The molecule has 0 radical (unpaired) electrons. The Morgan fingerprint density at radius 1 is 1.41 bits per heavy atom. The van der Waals surface area contributed by atoms with Crippen LogP contribution in [0.3, 0.4) is 0 Å². The van der Waals surface area contributed by atoms with Crippen molar-refractivity contribution in [2.45, 2.75) is 25.2 Å². The second-order valence-electron chi connectivity index (χ2n) is 4.65. The summed E-state index contributed by atoms with van der Waals surface area (Å²) in [5.41, 5.74) is 0.827. The van der Waals surface area contributed by atoms with Gasteiger partial charge in [0.25, 0.3) is 5.89 Å². The topological polar surface area (TPSA) is 59.2 Å². The highest BCUT2D eigenvalue weighted by molar-refractivity contribution is 9.10. The van der Waals surface area contributed by atoms with Gasteiger partial charge in [-0.3, -0.25) is 0 Å². The Bertz CT molecular complexity index is 576. The molecule has 2 aromatic rings. The largest absolute Gasteiger partial charge is 0.507 e. The number of phenolic OH excluding ortho intramolecular Hbond substituents is 1. The summed E-state index contributed by atoms with van der Waals surface area (Å²) < 4.78 is 5.87. The molecular weight excluding hydrogens is 284 g/mol. The number of aromatic hydroxyl groups is 1. The van der Waals surface area contributed by atoms with E-state index >= 15 is 0 Å². The van der Waals surface area contributed by atoms with Crippen molar-refractivity contribution in [2.24, 2.45) is 0 Å². The van der Waals surface area contributed by atoms with Crippen LogP contribution in [-0.4, -0.2) is 15.2 Å². The zero-order chi connectivity index (χ0) is 12.0. The quantitative estimate of drug-likeness (QED) is 0.924. The van der Waals surface area contributed by atoms with E-state index in [-0.39, 0.29) is 11.2 Å². The Labute approximate surface area is 107 Å². The molecule has 88 valence electrons. The molecule has 17 heavy (non-hydrogen) atoms. The van der Waals surface area contributed by atoms with Crippen molar-refractivity contribution in [1.82, 2.24) is 10.1 Å². The van der Waals surface area contributed by atoms with Gasteiger partial charge in [-0.25, -0.2) is 0 Å². The molecule has 0 spiro atoms. The van der Waals surface area contributed by atoms with Crippen molar-refractivity contribution in [3.63, 3.8) is 0 Å². The third-order valence-electron chi connectivity index (χ3n) is 3.16. The van der Waals surface area contributed by atoms with Crippen molar-refractivity contribution in [3.8, 4) is 17.2 Å². The van der Waals surface area contributed by atoms with Crippen LogP contribution < -0.4 is 0 Å². The van der Waals surface area contributed by atoms with E-state index in [0.717, 1.165) is 24.2 Å². The minimum absolute atomic E-state index is 0.0964. The number of hydrogen-bond acceptors (Lipinski definition) is 4. The van der Waals surface area contributed by atoms with Crippen LogP contribution in [0.25, 0.3) is 11.5 Å². The Kier molecular flexibility index (Phi) is 2.26. The molecule has 0 amide bonds. The molecule has 0 aliphatic heterocycles. The van der Waals surface area contributed by atoms with Gasteiger partial charge in [-0.05, 0) is 47.0 Å². The minimum Gasteiger partial charge on any atom is -0.507 e. The number of rotatable bonds is 2. The summed E-state index contributed by atoms with van der Waals surface area (Å²) in [5.74, 6) is 1.38. The van der Waals surface area contributed by atoms with E-state index in [1.807, 2.05) is 6.07 Å². The number of phenols is 1. The molecule has 5 heteroatoms. The van der Waals surface area contributed by atoms with Gasteiger partial charge in [0.1, 0.15) is 5.75 Å². The van der Waals surface area contributed by atoms with Crippen LogP contribution in [0.2, 0.25) is 0 Å². The number of halogens is 1. The van der Waals surface area contributed by atoms with Crippen molar-refractivity contribution >= 4 is 15.9 Å². The monoisotopic (exact) mass is 294 g/mol. The third kappa shape index (κ3) is 1.84. The predicted octanol–water partition coefficient (Wildman–Crippen LogP) is 3.26. The first-order valence-corrected chi connectivity index (χ1v) is 6.21. The van der Waals surface area contributed by atoms with Crippen LogP contribution in [0, 0.1) is 0 Å². The minimum atomic E-state index is 0.0964. The molecule has 1 saturated carbocycles. The lowest BCUT2D eigenvalue weighted by Crippen LogP contribution is -2.01. The molecule has 1 heterocycles. The number of benzene rings is 1. The van der Waals surface area contributed by atoms with Crippen LogP contribution in [-0.2, 0) is 5.41 Å². The Hall–Kier alpha value is -1.36. The average Bonchev–Trinajstić information content (AvgIpc) is 2.88. The fourth-order valence-electron chi connectivity index (χ4n) is 1.64. The maximum absolute atomic E-state index is 9.60. The van der Waals surface area contributed by atoms with E-state index < -0.39 is 0 Å². The summed E-state index contributed by atoms with van der Waals surface area (Å²) in [4.78, 5) is 4.38. The molecule has 0 unspecified atom stereocenters. The van der Waals surface area contributed by atoms with Crippen LogP contribution in [0.4, 0.5) is 0 Å². The molecule has 1 aliphatic rings. The normalized spacial score (nSPS) is 17.1. The van der Waals surface area contributed by atoms with Gasteiger partial charge in [0, 0.05) is 11.0 Å². The van der Waals surface area contributed by atoms with E-state index in [4.69, 9.17) is 4.52 Å². The molecular formula is C12H11BrN2O2. The van der Waals surface area contributed by atoms with E-state index in [1.165, 1.54) is 0 Å². The molecule has 0 atom stereocenters. The highest BCUT2D eigenvalue weighted by Gasteiger charge is 2.43. The molecule has 1 N–H and O–H groups in total. The second-order valence-corrected chi connectivity index (χ2v) is 5.50. The van der Waals surface area contributed by atoms with Gasteiger partial charge in [-0.2, -0.15) is 4.98 Å². The highest BCUT2D eigenvalue weighted by Crippen LogP contribution is 2.46. The van der Waals surface area contributed by atoms with E-state index in [2.05, 4.69) is 33.0 Å². The van der Waals surface area contributed by atoms with Gasteiger partial charge in [0.15, 0.2) is 5.82 Å². The lowest BCUT2D eigenvalue weighted by Gasteiger charge is -1.99. The van der Waals surface area contributed by atoms with E-state index in [0.29, 0.717) is 10.4 Å². The van der Waals surface area contributed by atoms with Gasteiger partial charge in [-0.1, -0.05) is 12.1 Å². The molecule has 4 nitrogen and oxygen atoms in total. The van der Waals surface area contributed by atoms with Gasteiger partial charge in [0.2, 0.25) is 0 Å². The molecule has 0 saturated heterocycles. The SMILES string of the molecule is CC1(c2noc(-c3ccc(Br)c(O)c3)n2)CC1. The van der Waals surface area contributed by atoms with Crippen LogP contribution in [0.15, 0.2) is 27.2 Å². The second kappa shape index (κ2) is 3.57. The Balaban J connectivity index is 1.98. The first-order valence-electron chi connectivity index (χ1n) is 5.42. The first kappa shape index (κ1) is 10.8. The number of hydrogen-bond donors (Lipinski definition) is 1. The average molecular weight is 295 g/mol. The van der Waals surface area contributed by atoms with E-state index in [1.54, 1.807) is 12.1 Å². The highest BCUT2D eigenvalue weighted by atomic mass is 79.9. The van der Waals surface area contributed by atoms with Crippen molar-refractivity contribution in [1.29, 1.82) is 0 Å². The maximum atomic E-state index is 9.60. The fourth-order valence-corrected chi connectivity index (χ4v) is 1.89. The maximum Gasteiger partial charge on any atom is 0.258 e. The van der Waals surface area contributed by atoms with Crippen LogP contribution in [0.1, 0.15) is 25.6 Å². The molecule has 3 rings (SSSR count). The summed E-state index contributed by atoms with van der Waals surface area (Å²) in [6.45, 7) is 2.13. The Morgan fingerprint density at radius 3 is 2.82 bits per heavy atom. The third-order valence-corrected chi connectivity index (χ3v) is 3.83. The summed E-state index contributed by atoms with van der Waals surface area (Å²) in [5, 5.41) is 13.6. The van der Waals surface area contributed by atoms with Crippen LogP contribution >= 0.6 is 15.9 Å². The number of nitrogens with zero attached hydrogens (tertiary/aromatic N) is 2. The summed E-state index contributed by atoms with van der Waals surface area (Å²) in [7, 11) is 0. The summed E-state index contributed by atoms with van der Waals surface area (Å²) in [6.07, 6.45) is 2.22. The van der Waals surface area contributed by atoms with Gasteiger partial charge in [0.05, 0.1) is 4.47 Å².